The number of methoxy groups -OCH3 is 2. The van der Waals surface area contributed by atoms with E-state index in [2.05, 4.69) is 15.5 Å². The monoisotopic (exact) mass is 398 g/mol. The Bertz CT molecular complexity index is 629. The molecule has 4 N–H and O–H groups in total. The van der Waals surface area contributed by atoms with Gasteiger partial charge in [-0.1, -0.05) is 11.6 Å². The van der Waals surface area contributed by atoms with E-state index < -0.39 is 0 Å². The summed E-state index contributed by atoms with van der Waals surface area (Å²) in [7, 11) is 5.16. The van der Waals surface area contributed by atoms with Gasteiger partial charge >= 0.3 is 0 Å². The van der Waals surface area contributed by atoms with Crippen LogP contribution < -0.4 is 21.1 Å². The molecule has 0 aliphatic carbocycles. The molecule has 8 heteroatoms. The largest absolute Gasteiger partial charge is 0.496 e. The van der Waals surface area contributed by atoms with Crippen molar-refractivity contribution in [2.24, 2.45) is 0 Å². The number of piperidine rings is 1. The second-order valence-electron chi connectivity index (χ2n) is 6.83. The number of rotatable bonds is 9. The van der Waals surface area contributed by atoms with Crippen molar-refractivity contribution < 1.29 is 14.3 Å². The van der Waals surface area contributed by atoms with Gasteiger partial charge in [0.2, 0.25) is 0 Å². The molecule has 1 aliphatic heterocycles. The molecule has 1 amide bonds. The van der Waals surface area contributed by atoms with E-state index in [4.69, 9.17) is 26.8 Å². The van der Waals surface area contributed by atoms with Gasteiger partial charge in [0.25, 0.3) is 5.91 Å². The molecule has 0 bridgehead atoms. The SMILES string of the molecule is CNCCCCN1CC[C@H](NC(=O)c2cc(Cl)c(N)cc2OC)[C@H](OC)C1. The number of nitrogens with one attached hydrogen (secondary N) is 2. The molecule has 0 radical (unpaired) electrons. The van der Waals surface area contributed by atoms with Crippen LogP contribution in [0.4, 0.5) is 5.69 Å². The molecule has 1 heterocycles. The van der Waals surface area contributed by atoms with Crippen LogP contribution in [0.2, 0.25) is 5.02 Å². The quantitative estimate of drug-likeness (QED) is 0.434. The lowest BCUT2D eigenvalue weighted by Gasteiger charge is -2.38. The molecule has 152 valence electrons. The van der Waals surface area contributed by atoms with Crippen molar-refractivity contribution in [1.29, 1.82) is 0 Å². The lowest BCUT2D eigenvalue weighted by Crippen LogP contribution is -2.54. The average Bonchev–Trinajstić information content (AvgIpc) is 2.67. The summed E-state index contributed by atoms with van der Waals surface area (Å²) in [4.78, 5) is 15.2. The number of unbranched alkanes of at least 4 members (excludes halogenated alkanes) is 1. The topological polar surface area (TPSA) is 88.9 Å². The number of benzene rings is 1. The fourth-order valence-corrected chi connectivity index (χ4v) is 3.55. The molecule has 1 saturated heterocycles. The van der Waals surface area contributed by atoms with E-state index in [-0.39, 0.29) is 18.1 Å². The van der Waals surface area contributed by atoms with Crippen molar-refractivity contribution in [3.8, 4) is 5.75 Å². The molecular weight excluding hydrogens is 368 g/mol. The van der Waals surface area contributed by atoms with E-state index >= 15 is 0 Å². The summed E-state index contributed by atoms with van der Waals surface area (Å²) in [6, 6.07) is 3.06. The second kappa shape index (κ2) is 10.7. The van der Waals surface area contributed by atoms with Crippen LogP contribution in [0.3, 0.4) is 0 Å². The number of carbonyl (C=O) groups is 1. The Morgan fingerprint density at radius 1 is 1.37 bits per heavy atom. The van der Waals surface area contributed by atoms with Gasteiger partial charge in [0.1, 0.15) is 5.75 Å². The number of hydrogen-bond donors (Lipinski definition) is 3. The summed E-state index contributed by atoms with van der Waals surface area (Å²) in [5.41, 5.74) is 6.55. The van der Waals surface area contributed by atoms with E-state index in [1.807, 2.05) is 7.05 Å². The summed E-state index contributed by atoms with van der Waals surface area (Å²) in [6.45, 7) is 3.82. The third-order valence-electron chi connectivity index (χ3n) is 4.98. The Morgan fingerprint density at radius 2 is 2.15 bits per heavy atom. The van der Waals surface area contributed by atoms with Crippen molar-refractivity contribution in [3.05, 3.63) is 22.7 Å². The number of amides is 1. The molecule has 27 heavy (non-hydrogen) atoms. The molecule has 1 aromatic carbocycles. The van der Waals surface area contributed by atoms with Gasteiger partial charge < -0.3 is 30.7 Å². The molecular formula is C19H31ClN4O3. The van der Waals surface area contributed by atoms with Crippen molar-refractivity contribution >= 4 is 23.2 Å². The van der Waals surface area contributed by atoms with Crippen molar-refractivity contribution in [3.63, 3.8) is 0 Å². The lowest BCUT2D eigenvalue weighted by molar-refractivity contribution is 0.00602. The maximum absolute atomic E-state index is 12.8. The summed E-state index contributed by atoms with van der Waals surface area (Å²) in [5.74, 6) is 0.175. The van der Waals surface area contributed by atoms with Crippen molar-refractivity contribution in [2.75, 3.05) is 53.2 Å². The van der Waals surface area contributed by atoms with Crippen LogP contribution in [-0.4, -0.2) is 70.4 Å². The molecule has 1 fully saturated rings. The average molecular weight is 399 g/mol. The first kappa shape index (κ1) is 21.8. The van der Waals surface area contributed by atoms with Gasteiger partial charge in [0.05, 0.1) is 35.5 Å². The van der Waals surface area contributed by atoms with Crippen LogP contribution in [-0.2, 0) is 4.74 Å². The summed E-state index contributed by atoms with van der Waals surface area (Å²) in [6.07, 6.45) is 3.08. The number of likely N-dealkylation sites (tertiary alicyclic amines) is 1. The molecule has 1 aromatic rings. The summed E-state index contributed by atoms with van der Waals surface area (Å²) < 4.78 is 10.9. The summed E-state index contributed by atoms with van der Waals surface area (Å²) >= 11 is 6.08. The highest BCUT2D eigenvalue weighted by molar-refractivity contribution is 6.33. The van der Waals surface area contributed by atoms with Crippen molar-refractivity contribution in [1.82, 2.24) is 15.5 Å². The van der Waals surface area contributed by atoms with Gasteiger partial charge in [-0.2, -0.15) is 0 Å². The summed E-state index contributed by atoms with van der Waals surface area (Å²) in [5, 5.41) is 6.58. The number of hydrogen-bond acceptors (Lipinski definition) is 6. The first-order valence-corrected chi connectivity index (χ1v) is 9.71. The van der Waals surface area contributed by atoms with Gasteiger partial charge in [-0.05, 0) is 45.5 Å². The highest BCUT2D eigenvalue weighted by Gasteiger charge is 2.31. The van der Waals surface area contributed by atoms with Gasteiger partial charge in [-0.25, -0.2) is 0 Å². The molecule has 0 spiro atoms. The minimum Gasteiger partial charge on any atom is -0.496 e. The van der Waals surface area contributed by atoms with E-state index in [1.54, 1.807) is 19.2 Å². The Labute approximate surface area is 166 Å². The number of nitrogens with zero attached hydrogens (tertiary/aromatic N) is 1. The van der Waals surface area contributed by atoms with Crippen molar-refractivity contribution in [2.45, 2.75) is 31.4 Å². The zero-order chi connectivity index (χ0) is 19.8. The maximum Gasteiger partial charge on any atom is 0.255 e. The predicted octanol–water partition coefficient (Wildman–Crippen LogP) is 1.75. The zero-order valence-electron chi connectivity index (χ0n) is 16.4. The third-order valence-corrected chi connectivity index (χ3v) is 5.30. The van der Waals surface area contributed by atoms with Gasteiger partial charge in [-0.15, -0.1) is 0 Å². The maximum atomic E-state index is 12.8. The third kappa shape index (κ3) is 5.97. The van der Waals surface area contributed by atoms with E-state index in [1.165, 1.54) is 7.11 Å². The van der Waals surface area contributed by atoms with Gasteiger partial charge in [-0.3, -0.25) is 4.79 Å². The van der Waals surface area contributed by atoms with Crippen LogP contribution in [0.15, 0.2) is 12.1 Å². The first-order valence-electron chi connectivity index (χ1n) is 9.33. The minimum atomic E-state index is -0.233. The van der Waals surface area contributed by atoms with Crippen LogP contribution in [0, 0.1) is 0 Å². The smallest absolute Gasteiger partial charge is 0.255 e. The molecule has 0 unspecified atom stereocenters. The number of nitrogen functional groups attached to an aromatic ring is 1. The molecule has 0 saturated carbocycles. The number of anilines is 1. The highest BCUT2D eigenvalue weighted by Crippen LogP contribution is 2.29. The molecule has 7 nitrogen and oxygen atoms in total. The Balaban J connectivity index is 1.97. The Morgan fingerprint density at radius 3 is 2.81 bits per heavy atom. The number of halogens is 1. The van der Waals surface area contributed by atoms with E-state index in [9.17, 15) is 4.79 Å². The second-order valence-corrected chi connectivity index (χ2v) is 7.24. The minimum absolute atomic E-state index is 0.0535. The highest BCUT2D eigenvalue weighted by atomic mass is 35.5. The van der Waals surface area contributed by atoms with Crippen LogP contribution in [0.5, 0.6) is 5.75 Å². The van der Waals surface area contributed by atoms with Gasteiger partial charge in [0.15, 0.2) is 0 Å². The van der Waals surface area contributed by atoms with E-state index in [0.29, 0.717) is 22.0 Å². The zero-order valence-corrected chi connectivity index (χ0v) is 17.1. The predicted molar refractivity (Wildman–Crippen MR) is 109 cm³/mol. The van der Waals surface area contributed by atoms with Gasteiger partial charge in [0, 0.05) is 26.3 Å². The Kier molecular flexibility index (Phi) is 8.63. The van der Waals surface area contributed by atoms with Crippen LogP contribution in [0.25, 0.3) is 0 Å². The molecule has 1 aliphatic rings. The first-order chi connectivity index (χ1) is 13.0. The standard InChI is InChI=1S/C19H31ClN4O3/c1-22-7-4-5-8-24-9-6-16(18(12-24)27-3)23-19(25)13-10-14(20)15(21)11-17(13)26-2/h10-11,16,18,22H,4-9,12,21H2,1-3H3,(H,23,25)/t16-,18+/m0/s1. The van der Waals surface area contributed by atoms with E-state index in [0.717, 1.165) is 45.4 Å². The lowest BCUT2D eigenvalue weighted by atomic mass is 10.0. The normalized spacial score (nSPS) is 20.4. The number of ether oxygens (including phenoxy) is 2. The Hall–Kier alpha value is -1.54. The number of carbonyl (C=O) groups excluding carboxylic acids is 1. The molecule has 2 atom stereocenters. The molecule has 0 aromatic heterocycles. The molecule has 2 rings (SSSR count). The fraction of sp³-hybridized carbons (Fsp3) is 0.632. The van der Waals surface area contributed by atoms with Crippen LogP contribution in [0.1, 0.15) is 29.6 Å². The number of nitrogens with two attached hydrogens (primary N) is 1. The van der Waals surface area contributed by atoms with Crippen LogP contribution >= 0.6 is 11.6 Å². The fourth-order valence-electron chi connectivity index (χ4n) is 3.39.